The average molecular weight is 294 g/mol. The Labute approximate surface area is 53.7 Å². The van der Waals surface area contributed by atoms with E-state index >= 15 is 0 Å². The van der Waals surface area contributed by atoms with Crippen LogP contribution in [-0.4, -0.2) is 32.9 Å². The molecule has 0 atom stereocenters. The molecule has 6 nitrogen and oxygen atoms in total. The Balaban J connectivity index is 0. The molecule has 7 heteroatoms. The van der Waals surface area contributed by atoms with Crippen LogP contribution >= 0.6 is 0 Å². The summed E-state index contributed by atoms with van der Waals surface area (Å²) in [5, 5.41) is 0. The van der Waals surface area contributed by atoms with E-state index in [1.165, 1.54) is 0 Å². The maximum Gasteiger partial charge on any atom is 6.00 e. The van der Waals surface area contributed by atoms with Crippen LogP contribution in [-0.2, 0) is 20.1 Å². The Hall–Kier alpha value is 0.409. The molecular formula is H6IrO6. The van der Waals surface area contributed by atoms with Crippen LogP contribution in [0.1, 0.15) is 0 Å². The SMILES string of the molecule is [Ir+6].[OH-].[OH-].[OH-].[OH-].[OH-].[OH-]. The molecule has 1 radical (unpaired) electrons. The molecule has 0 aliphatic rings. The molecule has 0 rings (SSSR count). The van der Waals surface area contributed by atoms with Crippen LogP contribution in [0.2, 0.25) is 0 Å². The summed E-state index contributed by atoms with van der Waals surface area (Å²) in [6.45, 7) is 0. The molecule has 0 aliphatic heterocycles. The topological polar surface area (TPSA) is 180 Å². The van der Waals surface area contributed by atoms with E-state index < -0.39 is 0 Å². The van der Waals surface area contributed by atoms with Crippen LogP contribution in [0.25, 0.3) is 0 Å². The van der Waals surface area contributed by atoms with Crippen LogP contribution in [0.5, 0.6) is 0 Å². The molecule has 0 aliphatic carbocycles. The number of rotatable bonds is 0. The Morgan fingerprint density at radius 1 is 0.286 bits per heavy atom. The van der Waals surface area contributed by atoms with Crippen molar-refractivity contribution in [2.45, 2.75) is 0 Å². The molecule has 51 valence electrons. The summed E-state index contributed by atoms with van der Waals surface area (Å²) < 4.78 is 0. The van der Waals surface area contributed by atoms with Gasteiger partial charge in [0.15, 0.2) is 0 Å². The fraction of sp³-hybridized carbons (Fsp3) is 0. The van der Waals surface area contributed by atoms with Gasteiger partial charge in [0.05, 0.1) is 0 Å². The van der Waals surface area contributed by atoms with Gasteiger partial charge in [0.1, 0.15) is 0 Å². The summed E-state index contributed by atoms with van der Waals surface area (Å²) in [5.41, 5.74) is 0. The molecule has 0 aromatic carbocycles. The van der Waals surface area contributed by atoms with Crippen molar-refractivity contribution in [3.8, 4) is 0 Å². The van der Waals surface area contributed by atoms with Crippen molar-refractivity contribution in [2.24, 2.45) is 0 Å². The van der Waals surface area contributed by atoms with E-state index in [1.54, 1.807) is 0 Å². The zero-order valence-electron chi connectivity index (χ0n) is 3.02. The second-order valence-electron chi connectivity index (χ2n) is 0. The van der Waals surface area contributed by atoms with Crippen molar-refractivity contribution in [3.63, 3.8) is 0 Å². The van der Waals surface area contributed by atoms with E-state index in [4.69, 9.17) is 0 Å². The molecule has 6 N–H and O–H groups in total. The standard InChI is InChI=1S/Ir.6H2O/h;6*1H2/q+6;;;;;;/p-6. The van der Waals surface area contributed by atoms with Crippen LogP contribution in [0.15, 0.2) is 0 Å². The van der Waals surface area contributed by atoms with Gasteiger partial charge in [0.25, 0.3) is 0 Å². The van der Waals surface area contributed by atoms with Crippen molar-refractivity contribution in [3.05, 3.63) is 0 Å². The largest absolute Gasteiger partial charge is 6.00 e. The van der Waals surface area contributed by atoms with Gasteiger partial charge < -0.3 is 32.9 Å². The quantitative estimate of drug-likeness (QED) is 0.548. The molecule has 0 aromatic rings. The van der Waals surface area contributed by atoms with Crippen molar-refractivity contribution in [1.29, 1.82) is 0 Å². The van der Waals surface area contributed by atoms with Crippen LogP contribution < -0.4 is 0 Å². The predicted octanol–water partition coefficient (Wildman–Crippen LogP) is -1.06. The predicted molar refractivity (Wildman–Crippen MR) is 11.6 cm³/mol. The number of hydrogen-bond acceptors (Lipinski definition) is 6. The third-order valence-electron chi connectivity index (χ3n) is 0. The van der Waals surface area contributed by atoms with E-state index in [9.17, 15) is 0 Å². The Bertz CT molecular complexity index is 4.14. The molecule has 0 bridgehead atoms. The number of hydrogen-bond donors (Lipinski definition) is 0. The van der Waals surface area contributed by atoms with Gasteiger partial charge in [-0.2, -0.15) is 0 Å². The van der Waals surface area contributed by atoms with Gasteiger partial charge in [0, 0.05) is 0 Å². The van der Waals surface area contributed by atoms with Crippen molar-refractivity contribution in [1.82, 2.24) is 0 Å². The smallest absolute Gasteiger partial charge is 0.870 e. The first-order chi connectivity index (χ1) is 0. The van der Waals surface area contributed by atoms with Crippen LogP contribution in [0, 0.1) is 0 Å². The van der Waals surface area contributed by atoms with Gasteiger partial charge in [-0.3, -0.25) is 0 Å². The summed E-state index contributed by atoms with van der Waals surface area (Å²) >= 11 is 0. The maximum absolute atomic E-state index is 0. The summed E-state index contributed by atoms with van der Waals surface area (Å²) in [7, 11) is 0. The molecule has 0 saturated carbocycles. The minimum atomic E-state index is 0. The first-order valence-corrected chi connectivity index (χ1v) is 0. The molecule has 0 aromatic heterocycles. The Morgan fingerprint density at radius 2 is 0.286 bits per heavy atom. The van der Waals surface area contributed by atoms with Crippen molar-refractivity contribution in [2.75, 3.05) is 0 Å². The van der Waals surface area contributed by atoms with E-state index in [0.717, 1.165) is 0 Å². The summed E-state index contributed by atoms with van der Waals surface area (Å²) in [6.07, 6.45) is 0. The molecule has 0 saturated heterocycles. The molecular weight excluding hydrogens is 288 g/mol. The van der Waals surface area contributed by atoms with Gasteiger partial charge in [-0.1, -0.05) is 0 Å². The van der Waals surface area contributed by atoms with E-state index in [-0.39, 0.29) is 53.0 Å². The molecule has 0 heterocycles. The Kier molecular flexibility index (Phi) is 290000. The van der Waals surface area contributed by atoms with Gasteiger partial charge in [-0.05, 0) is 0 Å². The second-order valence-corrected chi connectivity index (χ2v) is 0. The Morgan fingerprint density at radius 3 is 0.286 bits per heavy atom. The minimum Gasteiger partial charge on any atom is -0.870 e. The monoisotopic (exact) mass is 295 g/mol. The van der Waals surface area contributed by atoms with Crippen molar-refractivity contribution < 1.29 is 53.0 Å². The van der Waals surface area contributed by atoms with Gasteiger partial charge in [-0.15, -0.1) is 0 Å². The van der Waals surface area contributed by atoms with Gasteiger partial charge in [-0.25, -0.2) is 0 Å². The van der Waals surface area contributed by atoms with Crippen molar-refractivity contribution >= 4 is 0 Å². The fourth-order valence-corrected chi connectivity index (χ4v) is 0. The molecule has 0 amide bonds. The van der Waals surface area contributed by atoms with E-state index in [0.29, 0.717) is 0 Å². The van der Waals surface area contributed by atoms with Crippen LogP contribution in [0.4, 0.5) is 0 Å². The maximum atomic E-state index is 0. The summed E-state index contributed by atoms with van der Waals surface area (Å²) in [4.78, 5) is 0. The third kappa shape index (κ3) is 744. The zero-order chi connectivity index (χ0) is 0. The fourth-order valence-electron chi connectivity index (χ4n) is 0. The molecule has 0 fully saturated rings. The normalized spacial score (nSPS) is 0. The average Bonchev–Trinajstić information content (AvgIpc) is 0. The van der Waals surface area contributed by atoms with E-state index in [2.05, 4.69) is 0 Å². The summed E-state index contributed by atoms with van der Waals surface area (Å²) in [5.74, 6) is 0. The molecule has 0 unspecified atom stereocenters. The van der Waals surface area contributed by atoms with E-state index in [1.807, 2.05) is 0 Å². The zero-order valence-corrected chi connectivity index (χ0v) is 5.41. The minimum absolute atomic E-state index is 0. The third-order valence-corrected chi connectivity index (χ3v) is 0. The summed E-state index contributed by atoms with van der Waals surface area (Å²) in [6, 6.07) is 0. The first-order valence-electron chi connectivity index (χ1n) is 0. The van der Waals surface area contributed by atoms with Crippen LogP contribution in [0.3, 0.4) is 0 Å². The molecule has 7 heavy (non-hydrogen) atoms. The van der Waals surface area contributed by atoms with Gasteiger partial charge in [0.2, 0.25) is 0 Å². The molecule has 0 spiro atoms. The first kappa shape index (κ1) is 1820. The second kappa shape index (κ2) is 1120. The van der Waals surface area contributed by atoms with Gasteiger partial charge >= 0.3 is 20.1 Å².